The van der Waals surface area contributed by atoms with Gasteiger partial charge in [0.05, 0.1) is 0 Å². The Hall–Kier alpha value is -0.500. The van der Waals surface area contributed by atoms with E-state index < -0.39 is 0 Å². The van der Waals surface area contributed by atoms with Crippen molar-refractivity contribution in [1.82, 2.24) is 0 Å². The molecule has 0 atom stereocenters. The van der Waals surface area contributed by atoms with E-state index in [1.807, 2.05) is 6.07 Å². The van der Waals surface area contributed by atoms with E-state index in [1.54, 1.807) is 0 Å². The van der Waals surface area contributed by atoms with Crippen molar-refractivity contribution in [1.29, 1.82) is 0 Å². The fraction of sp³-hybridized carbons (Fsp3) is 0.455. The minimum atomic E-state index is 0.555. The molecular formula is C11H15BrO. The molecule has 0 spiro atoms. The molecule has 0 bridgehead atoms. The van der Waals surface area contributed by atoms with Crippen molar-refractivity contribution >= 4 is 15.9 Å². The van der Waals surface area contributed by atoms with Gasteiger partial charge in [0.1, 0.15) is 11.3 Å². The summed E-state index contributed by atoms with van der Waals surface area (Å²) < 4.78 is 5.34. The molecule has 2 heteroatoms. The Balaban J connectivity index is 2.79. The standard InChI is InChI=1S/C11H15BrO/c1-3-4-10-5-6-11(13-8-12)7-9(10)2/h5-7H,3-4,8H2,1-2H3. The van der Waals surface area contributed by atoms with E-state index in [1.165, 1.54) is 17.5 Å². The number of benzene rings is 1. The lowest BCUT2D eigenvalue weighted by atomic mass is 10.0. The fourth-order valence-corrected chi connectivity index (χ4v) is 1.64. The molecule has 72 valence electrons. The highest BCUT2D eigenvalue weighted by molar-refractivity contribution is 9.09. The molecule has 1 rings (SSSR count). The minimum Gasteiger partial charge on any atom is -0.482 e. The summed E-state index contributed by atoms with van der Waals surface area (Å²) >= 11 is 3.24. The first-order valence-electron chi connectivity index (χ1n) is 4.56. The van der Waals surface area contributed by atoms with Gasteiger partial charge in [0.2, 0.25) is 0 Å². The average molecular weight is 243 g/mol. The molecule has 13 heavy (non-hydrogen) atoms. The van der Waals surface area contributed by atoms with Gasteiger partial charge in [-0.05, 0) is 52.5 Å². The third-order valence-electron chi connectivity index (χ3n) is 2.05. The molecule has 0 heterocycles. The zero-order chi connectivity index (χ0) is 9.68. The zero-order valence-corrected chi connectivity index (χ0v) is 9.73. The Bertz CT molecular complexity index is 271. The van der Waals surface area contributed by atoms with Gasteiger partial charge in [-0.15, -0.1) is 0 Å². The molecule has 0 saturated carbocycles. The average Bonchev–Trinajstić information content (AvgIpc) is 2.10. The van der Waals surface area contributed by atoms with Crippen LogP contribution in [0.3, 0.4) is 0 Å². The van der Waals surface area contributed by atoms with Crippen molar-refractivity contribution in [2.45, 2.75) is 26.7 Å². The molecule has 0 aromatic heterocycles. The third-order valence-corrected chi connectivity index (χ3v) is 2.28. The monoisotopic (exact) mass is 242 g/mol. The van der Waals surface area contributed by atoms with Crippen LogP contribution in [-0.2, 0) is 6.42 Å². The van der Waals surface area contributed by atoms with E-state index >= 15 is 0 Å². The highest BCUT2D eigenvalue weighted by Crippen LogP contribution is 2.18. The number of hydrogen-bond acceptors (Lipinski definition) is 1. The molecule has 0 unspecified atom stereocenters. The Morgan fingerprint density at radius 1 is 1.38 bits per heavy atom. The number of aryl methyl sites for hydroxylation is 2. The first-order chi connectivity index (χ1) is 6.27. The van der Waals surface area contributed by atoms with Gasteiger partial charge in [-0.3, -0.25) is 0 Å². The molecule has 0 fully saturated rings. The topological polar surface area (TPSA) is 9.23 Å². The first kappa shape index (κ1) is 10.6. The van der Waals surface area contributed by atoms with Crippen molar-refractivity contribution < 1.29 is 4.74 Å². The van der Waals surface area contributed by atoms with Gasteiger partial charge in [-0.25, -0.2) is 0 Å². The Labute approximate surface area is 88.2 Å². The summed E-state index contributed by atoms with van der Waals surface area (Å²) in [5, 5.41) is 0. The summed E-state index contributed by atoms with van der Waals surface area (Å²) in [6.07, 6.45) is 2.35. The van der Waals surface area contributed by atoms with Crippen molar-refractivity contribution in [3.63, 3.8) is 0 Å². The van der Waals surface area contributed by atoms with Crippen LogP contribution in [0.2, 0.25) is 0 Å². The van der Waals surface area contributed by atoms with Crippen LogP contribution in [0, 0.1) is 6.92 Å². The van der Waals surface area contributed by atoms with Crippen molar-refractivity contribution in [2.75, 3.05) is 5.52 Å². The van der Waals surface area contributed by atoms with Gasteiger partial charge < -0.3 is 4.74 Å². The predicted octanol–water partition coefficient (Wildman–Crippen LogP) is 3.68. The van der Waals surface area contributed by atoms with Gasteiger partial charge in [-0.1, -0.05) is 19.4 Å². The molecular weight excluding hydrogens is 228 g/mol. The van der Waals surface area contributed by atoms with Crippen molar-refractivity contribution in [3.8, 4) is 5.75 Å². The van der Waals surface area contributed by atoms with E-state index in [9.17, 15) is 0 Å². The van der Waals surface area contributed by atoms with Gasteiger partial charge in [-0.2, -0.15) is 0 Å². The second-order valence-electron chi connectivity index (χ2n) is 3.09. The van der Waals surface area contributed by atoms with E-state index in [-0.39, 0.29) is 0 Å². The molecule has 1 nitrogen and oxygen atoms in total. The Kier molecular flexibility index (Phi) is 4.29. The minimum absolute atomic E-state index is 0.555. The maximum absolute atomic E-state index is 5.34. The summed E-state index contributed by atoms with van der Waals surface area (Å²) in [4.78, 5) is 0. The maximum Gasteiger partial charge on any atom is 0.143 e. The molecule has 0 radical (unpaired) electrons. The first-order valence-corrected chi connectivity index (χ1v) is 5.68. The van der Waals surface area contributed by atoms with Crippen LogP contribution < -0.4 is 4.74 Å². The summed E-state index contributed by atoms with van der Waals surface area (Å²) in [5.74, 6) is 0.939. The number of halogens is 1. The molecule has 0 aliphatic heterocycles. The highest BCUT2D eigenvalue weighted by atomic mass is 79.9. The lowest BCUT2D eigenvalue weighted by molar-refractivity contribution is 0.397. The summed E-state index contributed by atoms with van der Waals surface area (Å²) in [7, 11) is 0. The van der Waals surface area contributed by atoms with Gasteiger partial charge >= 0.3 is 0 Å². The van der Waals surface area contributed by atoms with Crippen LogP contribution >= 0.6 is 15.9 Å². The molecule has 0 aliphatic carbocycles. The van der Waals surface area contributed by atoms with E-state index in [2.05, 4.69) is 41.9 Å². The summed E-state index contributed by atoms with van der Waals surface area (Å²) in [6, 6.07) is 6.27. The zero-order valence-electron chi connectivity index (χ0n) is 8.14. The van der Waals surface area contributed by atoms with Crippen molar-refractivity contribution in [3.05, 3.63) is 29.3 Å². The lowest BCUT2D eigenvalue weighted by Crippen LogP contribution is -1.92. The van der Waals surface area contributed by atoms with Gasteiger partial charge in [0.25, 0.3) is 0 Å². The predicted molar refractivity (Wildman–Crippen MR) is 59.6 cm³/mol. The molecule has 0 N–H and O–H groups in total. The normalized spacial score (nSPS) is 10.1. The second-order valence-corrected chi connectivity index (χ2v) is 3.55. The van der Waals surface area contributed by atoms with Crippen LogP contribution in [0.5, 0.6) is 5.75 Å². The van der Waals surface area contributed by atoms with Crippen LogP contribution in [0.1, 0.15) is 24.5 Å². The molecule has 0 saturated heterocycles. The number of alkyl halides is 1. The van der Waals surface area contributed by atoms with Crippen LogP contribution in [0.4, 0.5) is 0 Å². The lowest BCUT2D eigenvalue weighted by Gasteiger charge is -2.07. The molecule has 0 aliphatic rings. The Morgan fingerprint density at radius 2 is 2.15 bits per heavy atom. The van der Waals surface area contributed by atoms with Gasteiger partial charge in [0, 0.05) is 0 Å². The maximum atomic E-state index is 5.34. The quantitative estimate of drug-likeness (QED) is 0.733. The van der Waals surface area contributed by atoms with Crippen LogP contribution in [0.15, 0.2) is 18.2 Å². The van der Waals surface area contributed by atoms with E-state index in [4.69, 9.17) is 4.74 Å². The Morgan fingerprint density at radius 3 is 2.69 bits per heavy atom. The number of hydrogen-bond donors (Lipinski definition) is 0. The summed E-state index contributed by atoms with van der Waals surface area (Å²) in [5.41, 5.74) is 3.30. The molecule has 1 aromatic rings. The van der Waals surface area contributed by atoms with Crippen molar-refractivity contribution in [2.24, 2.45) is 0 Å². The highest BCUT2D eigenvalue weighted by Gasteiger charge is 1.99. The fourth-order valence-electron chi connectivity index (χ4n) is 1.37. The van der Waals surface area contributed by atoms with Crippen LogP contribution in [0.25, 0.3) is 0 Å². The van der Waals surface area contributed by atoms with E-state index in [0.29, 0.717) is 5.52 Å². The molecule has 1 aromatic carbocycles. The van der Waals surface area contributed by atoms with Crippen LogP contribution in [-0.4, -0.2) is 5.52 Å². The number of ether oxygens (including phenoxy) is 1. The molecule has 0 amide bonds. The number of rotatable bonds is 4. The van der Waals surface area contributed by atoms with E-state index in [0.717, 1.165) is 12.2 Å². The largest absolute Gasteiger partial charge is 0.482 e. The summed E-state index contributed by atoms with van der Waals surface area (Å²) in [6.45, 7) is 4.33. The smallest absolute Gasteiger partial charge is 0.143 e. The SMILES string of the molecule is CCCc1ccc(OCBr)cc1C. The van der Waals surface area contributed by atoms with Gasteiger partial charge in [0.15, 0.2) is 0 Å². The third kappa shape index (κ3) is 3.03. The second kappa shape index (κ2) is 5.28.